The summed E-state index contributed by atoms with van der Waals surface area (Å²) in [5, 5.41) is 34.6. The van der Waals surface area contributed by atoms with E-state index in [1.165, 1.54) is 31.2 Å². The van der Waals surface area contributed by atoms with E-state index < -0.39 is 53.7 Å². The molecule has 8 unspecified atom stereocenters. The maximum atomic E-state index is 14.6. The lowest BCUT2D eigenvalue weighted by molar-refractivity contribution is -0.368. The minimum Gasteiger partial charge on any atom is -0.508 e. The van der Waals surface area contributed by atoms with Crippen LogP contribution >= 0.6 is 0 Å². The standard InChI is InChI=1S/C59H86N8O11/c1-35(68)63-47-19-9-16-46(47)59(78)65-49(18-3-5-29-61)53(72)32-38-10-6-14-44(38)57(76)66-50(30-36-20-24-41(69)25-21-36)54(73)34-40-12-8-13-43(40)56(75)64-48(17-2-4-28-60)52(71)33-39-11-7-15-45(39)58(77)67-51(55(62)74)31-37-22-26-42(70)27-23-37/h20-27,38-40,43-51,69-70H,2-19,28-34,60-61H2,1H3,(H2,62,74)(H,63,68)(H,64,75)(H,65,78)(H,66,76)(H,67,77)/p+2/t38?,39?,40?,43?,44?,45?,46?,47?,48-,49-,50-,51-/m0/s1. The van der Waals surface area contributed by atoms with Crippen molar-refractivity contribution in [1.82, 2.24) is 26.6 Å². The van der Waals surface area contributed by atoms with Gasteiger partial charge in [-0.1, -0.05) is 49.9 Å². The van der Waals surface area contributed by atoms with E-state index in [2.05, 4.69) is 38.1 Å². The van der Waals surface area contributed by atoms with Gasteiger partial charge < -0.3 is 54.0 Å². The largest absolute Gasteiger partial charge is 0.508 e. The maximum absolute atomic E-state index is 14.6. The first-order valence-corrected chi connectivity index (χ1v) is 28.9. The molecule has 2 aromatic carbocycles. The van der Waals surface area contributed by atoms with Crippen LogP contribution in [0, 0.1) is 41.4 Å². The molecule has 0 saturated heterocycles. The lowest BCUT2D eigenvalue weighted by Crippen LogP contribution is -2.51. The highest BCUT2D eigenvalue weighted by Gasteiger charge is 2.42. The van der Waals surface area contributed by atoms with Gasteiger partial charge in [-0.15, -0.1) is 0 Å². The Kier molecular flexibility index (Phi) is 23.6. The molecule has 4 saturated carbocycles. The molecule has 19 nitrogen and oxygen atoms in total. The first-order chi connectivity index (χ1) is 37.4. The number of hydrogen-bond donors (Lipinski definition) is 10. The van der Waals surface area contributed by atoms with Gasteiger partial charge in [0.1, 0.15) is 17.5 Å². The lowest BCUT2D eigenvalue weighted by Gasteiger charge is -2.27. The smallest absolute Gasteiger partial charge is 0.240 e. The second kappa shape index (κ2) is 30.2. The van der Waals surface area contributed by atoms with Crippen molar-refractivity contribution >= 4 is 52.8 Å². The molecule has 19 heteroatoms. The van der Waals surface area contributed by atoms with Crippen LogP contribution in [0.1, 0.15) is 153 Å². The average molecular weight is 1090 g/mol. The number of hydrogen-bond acceptors (Lipinski definition) is 11. The summed E-state index contributed by atoms with van der Waals surface area (Å²) in [4.78, 5) is 123. The van der Waals surface area contributed by atoms with Gasteiger partial charge in [-0.3, -0.25) is 43.2 Å². The number of benzene rings is 2. The number of ketones is 3. The number of nitrogens with one attached hydrogen (secondary N) is 5. The number of carbonyl (C=O) groups is 9. The van der Waals surface area contributed by atoms with Crippen LogP contribution in [-0.2, 0) is 56.0 Å². The molecule has 2 aromatic rings. The van der Waals surface area contributed by atoms with E-state index >= 15 is 0 Å². The number of Topliss-reactive ketones (excluding diaryl/α,β-unsaturated/α-hetero) is 3. The molecule has 78 heavy (non-hydrogen) atoms. The molecule has 428 valence electrons. The van der Waals surface area contributed by atoms with Gasteiger partial charge in [0.25, 0.3) is 0 Å². The fraction of sp³-hybridized carbons (Fsp3) is 0.644. The SMILES string of the molecule is CC(=O)NC1CCCC1C(=O)N[C@@H](CCCC[NH3+])C(=O)CC1CCCC1C(=O)N[C@@H](Cc1ccc(O)cc1)C(=O)CC1CCCC1C(=O)N[C@@H](CCCC[NH3+])C(=O)CC1CCCC1C(=O)N[C@@H](Cc1ccc(O)cc1)C(N)=O. The van der Waals surface area contributed by atoms with E-state index in [9.17, 15) is 53.4 Å². The van der Waals surface area contributed by atoms with Crippen LogP contribution in [0.25, 0.3) is 0 Å². The molecule has 6 amide bonds. The van der Waals surface area contributed by atoms with Crippen LogP contribution in [0.5, 0.6) is 11.5 Å². The third kappa shape index (κ3) is 17.9. The Morgan fingerprint density at radius 3 is 1.23 bits per heavy atom. The number of phenolic OH excluding ortho intramolecular Hbond substituents is 2. The van der Waals surface area contributed by atoms with Crippen molar-refractivity contribution in [3.05, 3.63) is 59.7 Å². The zero-order valence-corrected chi connectivity index (χ0v) is 45.8. The number of rotatable bonds is 31. The zero-order chi connectivity index (χ0) is 56.3. The van der Waals surface area contributed by atoms with Crippen molar-refractivity contribution in [2.24, 2.45) is 47.2 Å². The molecule has 15 N–H and O–H groups in total. The van der Waals surface area contributed by atoms with Gasteiger partial charge in [0.2, 0.25) is 35.4 Å². The number of carbonyl (C=O) groups excluding carboxylic acids is 9. The molecule has 4 fully saturated rings. The molecule has 0 aromatic heterocycles. The predicted molar refractivity (Wildman–Crippen MR) is 290 cm³/mol. The van der Waals surface area contributed by atoms with Crippen LogP contribution in [-0.4, -0.2) is 106 Å². The Bertz CT molecular complexity index is 2380. The van der Waals surface area contributed by atoms with E-state index in [-0.39, 0.29) is 114 Å². The summed E-state index contributed by atoms with van der Waals surface area (Å²) in [5.41, 5.74) is 15.0. The molecule has 0 spiro atoms. The van der Waals surface area contributed by atoms with E-state index in [0.29, 0.717) is 121 Å². The molecule has 0 radical (unpaired) electrons. The summed E-state index contributed by atoms with van der Waals surface area (Å²) in [6.07, 6.45) is 11.7. The average Bonchev–Trinajstić information content (AvgIpc) is 4.26. The Morgan fingerprint density at radius 2 is 0.833 bits per heavy atom. The van der Waals surface area contributed by atoms with Gasteiger partial charge >= 0.3 is 0 Å². The van der Waals surface area contributed by atoms with Gasteiger partial charge in [0.05, 0.1) is 37.1 Å². The first-order valence-electron chi connectivity index (χ1n) is 28.9. The Hall–Kier alpha value is -6.21. The van der Waals surface area contributed by atoms with Crippen molar-refractivity contribution in [2.45, 2.75) is 185 Å². The van der Waals surface area contributed by atoms with Gasteiger partial charge in [0, 0.05) is 56.4 Å². The summed E-state index contributed by atoms with van der Waals surface area (Å²) in [7, 11) is 0. The van der Waals surface area contributed by atoms with Crippen molar-refractivity contribution in [3.8, 4) is 11.5 Å². The Morgan fingerprint density at radius 1 is 0.487 bits per heavy atom. The molecule has 0 aliphatic heterocycles. The second-order valence-electron chi connectivity index (χ2n) is 22.8. The van der Waals surface area contributed by atoms with Crippen LogP contribution in [0.2, 0.25) is 0 Å². The first kappa shape index (κ1) is 61.0. The van der Waals surface area contributed by atoms with Crippen molar-refractivity contribution < 1.29 is 64.8 Å². The van der Waals surface area contributed by atoms with Gasteiger partial charge in [-0.25, -0.2) is 0 Å². The van der Waals surface area contributed by atoms with Crippen LogP contribution in [0.4, 0.5) is 0 Å². The van der Waals surface area contributed by atoms with E-state index in [1.807, 2.05) is 0 Å². The molecule has 0 heterocycles. The Labute approximate surface area is 458 Å². The van der Waals surface area contributed by atoms with E-state index in [4.69, 9.17) is 5.73 Å². The topological polar surface area (TPSA) is 336 Å². The van der Waals surface area contributed by atoms with Gasteiger partial charge in [-0.05, 0) is 149 Å². The number of nitrogens with two attached hydrogens (primary N) is 1. The maximum Gasteiger partial charge on any atom is 0.240 e. The molecular formula is C59H88N8O11+2. The highest BCUT2D eigenvalue weighted by Crippen LogP contribution is 2.39. The third-order valence-corrected chi connectivity index (χ3v) is 17.1. The molecule has 4 aliphatic rings. The van der Waals surface area contributed by atoms with Crippen LogP contribution in [0.15, 0.2) is 48.5 Å². The van der Waals surface area contributed by atoms with Gasteiger partial charge in [0.15, 0.2) is 17.3 Å². The van der Waals surface area contributed by atoms with Crippen molar-refractivity contribution in [3.63, 3.8) is 0 Å². The summed E-state index contributed by atoms with van der Waals surface area (Å²) < 4.78 is 0. The summed E-state index contributed by atoms with van der Waals surface area (Å²) in [5.74, 6) is -5.71. The number of primary amides is 1. The van der Waals surface area contributed by atoms with E-state index in [0.717, 1.165) is 19.3 Å². The highest BCUT2D eigenvalue weighted by molar-refractivity contribution is 5.94. The van der Waals surface area contributed by atoms with Crippen LogP contribution < -0.4 is 43.8 Å². The number of phenols is 2. The molecule has 4 aliphatic carbocycles. The van der Waals surface area contributed by atoms with E-state index in [1.54, 1.807) is 24.3 Å². The molecule has 0 bridgehead atoms. The number of unbranched alkanes of at least 4 members (excludes halogenated alkanes) is 2. The molecule has 12 atom stereocenters. The molecule has 6 rings (SSSR count). The summed E-state index contributed by atoms with van der Waals surface area (Å²) >= 11 is 0. The lowest BCUT2D eigenvalue weighted by atomic mass is 9.85. The van der Waals surface area contributed by atoms with Crippen LogP contribution in [0.3, 0.4) is 0 Å². The third-order valence-electron chi connectivity index (χ3n) is 17.1. The zero-order valence-electron chi connectivity index (χ0n) is 45.8. The predicted octanol–water partition coefficient (Wildman–Crippen LogP) is 2.56. The number of aromatic hydroxyl groups is 2. The summed E-state index contributed by atoms with van der Waals surface area (Å²) in [6.45, 7) is 2.76. The minimum atomic E-state index is -0.990. The highest BCUT2D eigenvalue weighted by atomic mass is 16.3. The molecular weight excluding hydrogens is 997 g/mol. The minimum absolute atomic E-state index is 0.00413. The summed E-state index contributed by atoms with van der Waals surface area (Å²) in [6, 6.07) is 8.89. The Balaban J connectivity index is 1.09. The second-order valence-corrected chi connectivity index (χ2v) is 22.8. The monoisotopic (exact) mass is 1080 g/mol. The number of quaternary nitrogens is 2. The fourth-order valence-electron chi connectivity index (χ4n) is 12.8. The van der Waals surface area contributed by atoms with Crippen molar-refractivity contribution in [2.75, 3.05) is 13.1 Å². The normalized spacial score (nSPS) is 24.3. The fourth-order valence-corrected chi connectivity index (χ4v) is 12.8. The van der Waals surface area contributed by atoms with Gasteiger partial charge in [-0.2, -0.15) is 0 Å². The number of amides is 6. The quantitative estimate of drug-likeness (QED) is 0.0489. The van der Waals surface area contributed by atoms with Crippen molar-refractivity contribution in [1.29, 1.82) is 0 Å².